The monoisotopic (exact) mass is 344 g/mol. The summed E-state index contributed by atoms with van der Waals surface area (Å²) in [5.41, 5.74) is 4.24. The van der Waals surface area contributed by atoms with Gasteiger partial charge in [0.1, 0.15) is 0 Å². The smallest absolute Gasteiger partial charge is 0.389 e. The Kier molecular flexibility index (Phi) is 3.89. The maximum Gasteiger partial charge on any atom is 0.508 e. The van der Waals surface area contributed by atoms with Crippen LogP contribution in [0.1, 0.15) is 18.1 Å². The van der Waals surface area contributed by atoms with E-state index in [-0.39, 0.29) is 0 Å². The molecule has 0 fully saturated rings. The van der Waals surface area contributed by atoms with Crippen LogP contribution in [-0.4, -0.2) is 33.1 Å². The van der Waals surface area contributed by atoms with Crippen molar-refractivity contribution in [2.75, 3.05) is 6.61 Å². The average Bonchev–Trinajstić information content (AvgIpc) is 2.79. The predicted octanol–water partition coefficient (Wildman–Crippen LogP) is 3.33. The van der Waals surface area contributed by atoms with E-state index in [9.17, 15) is 9.59 Å². The fourth-order valence-electron chi connectivity index (χ4n) is 4.19. The summed E-state index contributed by atoms with van der Waals surface area (Å²) in [6.45, 7) is 8.70. The largest absolute Gasteiger partial charge is 0.508 e. The van der Waals surface area contributed by atoms with Gasteiger partial charge in [-0.3, -0.25) is 0 Å². The van der Waals surface area contributed by atoms with Crippen molar-refractivity contribution in [3.05, 3.63) is 59.7 Å². The van der Waals surface area contributed by atoms with Crippen molar-refractivity contribution >= 4 is 16.9 Å². The van der Waals surface area contributed by atoms with Crippen LogP contribution in [0.5, 0.6) is 0 Å². The lowest BCUT2D eigenvalue weighted by Gasteiger charge is -2.47. The first-order valence-corrected chi connectivity index (χ1v) is 13.4. The quantitative estimate of drug-likeness (QED) is 0.837. The molecule has 0 amide bonds. The lowest BCUT2D eigenvalue weighted by atomic mass is 10.1. The first-order chi connectivity index (χ1) is 10.8. The summed E-state index contributed by atoms with van der Waals surface area (Å²) in [6.07, 6.45) is 0. The molecule has 5 heteroatoms. The standard InChI is InChI=1S/C18H24O3Si2/c1-5-21-23(19,20)18(22(2,3)4)16-12-8-6-10-14(16)15-11-7-9-13-17(15)18/h6-13,19-20H,5H2,1-4H3. The first-order valence-electron chi connectivity index (χ1n) is 8.05. The summed E-state index contributed by atoms with van der Waals surface area (Å²) >= 11 is 0. The normalized spacial score (nSPS) is 16.1. The SMILES string of the molecule is CCO[Si](O)(O)C1([Si](C)(C)C)c2ccccc2-c2ccccc21. The summed E-state index contributed by atoms with van der Waals surface area (Å²) in [7, 11) is -6.11. The van der Waals surface area contributed by atoms with E-state index in [1.807, 2.05) is 43.3 Å². The van der Waals surface area contributed by atoms with Crippen LogP contribution in [0.25, 0.3) is 11.1 Å². The second-order valence-corrected chi connectivity index (χ2v) is 15.1. The van der Waals surface area contributed by atoms with E-state index < -0.39 is 21.5 Å². The summed E-state index contributed by atoms with van der Waals surface area (Å²) in [6, 6.07) is 16.2. The summed E-state index contributed by atoms with van der Waals surface area (Å²) in [4.78, 5) is 22.4. The Morgan fingerprint density at radius 2 is 1.30 bits per heavy atom. The lowest BCUT2D eigenvalue weighted by molar-refractivity contribution is 0.141. The van der Waals surface area contributed by atoms with Crippen molar-refractivity contribution in [3.8, 4) is 11.1 Å². The minimum absolute atomic E-state index is 0.301. The van der Waals surface area contributed by atoms with Crippen LogP contribution in [-0.2, 0) is 9.09 Å². The maximum atomic E-state index is 11.2. The lowest BCUT2D eigenvalue weighted by Crippen LogP contribution is -2.69. The molecule has 0 spiro atoms. The van der Waals surface area contributed by atoms with E-state index in [0.717, 1.165) is 22.3 Å². The van der Waals surface area contributed by atoms with Crippen molar-refractivity contribution < 1.29 is 14.0 Å². The van der Waals surface area contributed by atoms with E-state index in [1.54, 1.807) is 0 Å². The van der Waals surface area contributed by atoms with E-state index in [4.69, 9.17) is 4.43 Å². The Bertz CT molecular complexity index is 690. The molecule has 0 atom stereocenters. The molecule has 0 unspecified atom stereocenters. The van der Waals surface area contributed by atoms with Gasteiger partial charge in [-0.15, -0.1) is 0 Å². The topological polar surface area (TPSA) is 49.7 Å². The number of rotatable bonds is 4. The Morgan fingerprint density at radius 1 is 0.870 bits per heavy atom. The molecule has 0 saturated carbocycles. The molecular weight excluding hydrogens is 320 g/mol. The van der Waals surface area contributed by atoms with Gasteiger partial charge in [0, 0.05) is 6.61 Å². The van der Waals surface area contributed by atoms with E-state index >= 15 is 0 Å². The molecule has 0 radical (unpaired) electrons. The van der Waals surface area contributed by atoms with Crippen LogP contribution < -0.4 is 0 Å². The van der Waals surface area contributed by atoms with E-state index in [2.05, 4.69) is 31.8 Å². The van der Waals surface area contributed by atoms with Gasteiger partial charge in [0.15, 0.2) is 0 Å². The van der Waals surface area contributed by atoms with Gasteiger partial charge in [-0.25, -0.2) is 0 Å². The van der Waals surface area contributed by atoms with Crippen LogP contribution in [0.15, 0.2) is 48.5 Å². The molecule has 0 saturated heterocycles. The summed E-state index contributed by atoms with van der Waals surface area (Å²) < 4.78 is 4.85. The molecule has 2 aromatic rings. The second-order valence-electron chi connectivity index (χ2n) is 7.13. The minimum atomic E-state index is -4.00. The molecular formula is C18H24O3Si2. The zero-order chi connectivity index (χ0) is 16.9. The van der Waals surface area contributed by atoms with Gasteiger partial charge < -0.3 is 14.0 Å². The van der Waals surface area contributed by atoms with E-state index in [0.29, 0.717) is 6.61 Å². The van der Waals surface area contributed by atoms with Gasteiger partial charge in [0.2, 0.25) is 0 Å². The molecule has 0 bridgehead atoms. The molecule has 2 N–H and O–H groups in total. The molecule has 3 nitrogen and oxygen atoms in total. The third kappa shape index (κ3) is 2.11. The molecule has 23 heavy (non-hydrogen) atoms. The van der Waals surface area contributed by atoms with Crippen LogP contribution in [0.2, 0.25) is 19.6 Å². The number of fused-ring (bicyclic) bond motifs is 3. The Hall–Kier alpha value is -1.25. The Morgan fingerprint density at radius 3 is 1.70 bits per heavy atom. The van der Waals surface area contributed by atoms with Crippen molar-refractivity contribution in [1.29, 1.82) is 0 Å². The predicted molar refractivity (Wildman–Crippen MR) is 97.8 cm³/mol. The van der Waals surface area contributed by atoms with Crippen LogP contribution in [0.4, 0.5) is 0 Å². The average molecular weight is 345 g/mol. The van der Waals surface area contributed by atoms with Crippen molar-refractivity contribution in [1.82, 2.24) is 0 Å². The van der Waals surface area contributed by atoms with Crippen molar-refractivity contribution in [2.24, 2.45) is 0 Å². The highest BCUT2D eigenvalue weighted by Crippen LogP contribution is 2.56. The highest BCUT2D eigenvalue weighted by molar-refractivity contribution is 6.93. The fraction of sp³-hybridized carbons (Fsp3) is 0.333. The summed E-state index contributed by atoms with van der Waals surface area (Å²) in [5, 5.41) is 0. The number of hydrogen-bond donors (Lipinski definition) is 2. The summed E-state index contributed by atoms with van der Waals surface area (Å²) in [5.74, 6) is 0. The molecule has 0 aromatic heterocycles. The van der Waals surface area contributed by atoms with Gasteiger partial charge >= 0.3 is 8.80 Å². The molecule has 3 rings (SSSR count). The van der Waals surface area contributed by atoms with Crippen LogP contribution in [0.3, 0.4) is 0 Å². The second kappa shape index (κ2) is 5.39. The zero-order valence-electron chi connectivity index (χ0n) is 14.1. The van der Waals surface area contributed by atoms with Gasteiger partial charge in [-0.2, -0.15) is 0 Å². The highest BCUT2D eigenvalue weighted by Gasteiger charge is 2.68. The molecule has 1 aliphatic carbocycles. The molecule has 122 valence electrons. The molecule has 0 aliphatic heterocycles. The first kappa shape index (κ1) is 16.6. The van der Waals surface area contributed by atoms with Crippen molar-refractivity contribution in [2.45, 2.75) is 31.2 Å². The van der Waals surface area contributed by atoms with Gasteiger partial charge in [0.25, 0.3) is 0 Å². The third-order valence-corrected chi connectivity index (χ3v) is 13.1. The minimum Gasteiger partial charge on any atom is -0.389 e. The van der Waals surface area contributed by atoms with Gasteiger partial charge in [-0.1, -0.05) is 68.2 Å². The number of hydrogen-bond acceptors (Lipinski definition) is 3. The third-order valence-electron chi connectivity index (χ3n) is 4.91. The Balaban J connectivity index is 2.45. The molecule has 1 aliphatic rings. The van der Waals surface area contributed by atoms with Gasteiger partial charge in [0.05, 0.1) is 12.7 Å². The maximum absolute atomic E-state index is 11.2. The van der Waals surface area contributed by atoms with E-state index in [1.165, 1.54) is 0 Å². The van der Waals surface area contributed by atoms with Crippen LogP contribution >= 0.6 is 0 Å². The Labute approximate surface area is 140 Å². The zero-order valence-corrected chi connectivity index (χ0v) is 16.1. The van der Waals surface area contributed by atoms with Gasteiger partial charge in [-0.05, 0) is 29.2 Å². The molecule has 0 heterocycles. The highest BCUT2D eigenvalue weighted by atomic mass is 28.4. The molecule has 2 aromatic carbocycles. The van der Waals surface area contributed by atoms with Crippen LogP contribution in [0, 0.1) is 0 Å². The van der Waals surface area contributed by atoms with Crippen molar-refractivity contribution in [3.63, 3.8) is 0 Å². The number of benzene rings is 2. The fourth-order valence-corrected chi connectivity index (χ4v) is 12.1.